The summed E-state index contributed by atoms with van der Waals surface area (Å²) < 4.78 is 49.4. The lowest BCUT2D eigenvalue weighted by atomic mass is 10.1. The van der Waals surface area contributed by atoms with Gasteiger partial charge in [0.05, 0.1) is 5.75 Å². The highest BCUT2D eigenvalue weighted by Crippen LogP contribution is 2.33. The van der Waals surface area contributed by atoms with Crippen molar-refractivity contribution < 1.29 is 26.7 Å². The molecule has 1 aliphatic heterocycles. The largest absolute Gasteiger partial charge is 0.460 e. The van der Waals surface area contributed by atoms with Crippen molar-refractivity contribution in [1.29, 1.82) is 0 Å². The van der Waals surface area contributed by atoms with Gasteiger partial charge in [-0.15, -0.1) is 0 Å². The predicted molar refractivity (Wildman–Crippen MR) is 85.8 cm³/mol. The van der Waals surface area contributed by atoms with Crippen LogP contribution in [0.3, 0.4) is 0 Å². The average Bonchev–Trinajstić information content (AvgIpc) is 2.86. The molecule has 0 bridgehead atoms. The summed E-state index contributed by atoms with van der Waals surface area (Å²) in [6.45, 7) is 0. The third kappa shape index (κ3) is 3.69. The molecule has 130 valence electrons. The molecule has 0 radical (unpaired) electrons. The minimum Gasteiger partial charge on any atom is -0.460 e. The molecule has 0 fully saturated rings. The van der Waals surface area contributed by atoms with E-state index >= 15 is 0 Å². The second-order valence-corrected chi connectivity index (χ2v) is 6.30. The zero-order valence-electron chi connectivity index (χ0n) is 12.8. The van der Waals surface area contributed by atoms with Gasteiger partial charge in [-0.05, 0) is 23.8 Å². The van der Waals surface area contributed by atoms with Crippen molar-refractivity contribution in [2.24, 2.45) is 5.73 Å². The zero-order chi connectivity index (χ0) is 18.0. The Bertz CT molecular complexity index is 870. The Labute approximate surface area is 144 Å². The van der Waals surface area contributed by atoms with E-state index in [1.165, 1.54) is 0 Å². The first-order valence-corrected chi connectivity index (χ1v) is 8.46. The van der Waals surface area contributed by atoms with Crippen LogP contribution in [-0.4, -0.2) is 9.99 Å². The third-order valence-electron chi connectivity index (χ3n) is 3.47. The second-order valence-electron chi connectivity index (χ2n) is 5.24. The smallest absolute Gasteiger partial charge is 0.249 e. The first-order valence-electron chi connectivity index (χ1n) is 7.22. The normalized spacial score (nSPS) is 18.2. The number of carbonyl (C=O) groups is 1. The summed E-state index contributed by atoms with van der Waals surface area (Å²) in [6.07, 6.45) is -1.47. The fourth-order valence-electron chi connectivity index (χ4n) is 2.31. The molecule has 5 nitrogen and oxygen atoms in total. The molecule has 0 aromatic heterocycles. The molecule has 1 heterocycles. The Kier molecular flexibility index (Phi) is 4.80. The molecule has 0 saturated heterocycles. The van der Waals surface area contributed by atoms with E-state index in [2.05, 4.69) is 0 Å². The molecule has 2 N–H and O–H groups in total. The minimum absolute atomic E-state index is 0.0316. The van der Waals surface area contributed by atoms with Gasteiger partial charge < -0.3 is 14.7 Å². The van der Waals surface area contributed by atoms with Crippen LogP contribution < -0.4 is 5.73 Å². The monoisotopic (exact) mass is 365 g/mol. The van der Waals surface area contributed by atoms with Gasteiger partial charge in [-0.25, -0.2) is 13.0 Å². The van der Waals surface area contributed by atoms with Gasteiger partial charge in [0.2, 0.25) is 28.5 Å². The van der Waals surface area contributed by atoms with E-state index < -0.39 is 46.2 Å². The lowest BCUT2D eigenvalue weighted by molar-refractivity contribution is -0.123. The van der Waals surface area contributed by atoms with Crippen molar-refractivity contribution in [3.05, 3.63) is 82.9 Å². The molecule has 2 aromatic rings. The Morgan fingerprint density at radius 2 is 1.88 bits per heavy atom. The number of carbonyl (C=O) groups excluding carboxylic acids is 1. The number of rotatable bonds is 5. The topological polar surface area (TPSA) is 78.6 Å². The zero-order valence-corrected chi connectivity index (χ0v) is 13.6. The SMILES string of the molecule is NC1=C(OS(=O)Cc2ccccc2)C(=O)C(c2cc(F)ccc2F)O1. The highest BCUT2D eigenvalue weighted by atomic mass is 32.2. The molecule has 1 aliphatic rings. The van der Waals surface area contributed by atoms with Gasteiger partial charge in [0.1, 0.15) is 11.6 Å². The number of Topliss-reactive ketones (excluding diaryl/α,β-unsaturated/α-hetero) is 1. The highest BCUT2D eigenvalue weighted by molar-refractivity contribution is 7.79. The molecule has 2 atom stereocenters. The standard InChI is InChI=1S/C17H13F2NO4S/c18-11-6-7-13(19)12(8-11)15-14(21)16(17(20)23-15)24-25(22)9-10-4-2-1-3-5-10/h1-8,15H,9,20H2. The summed E-state index contributed by atoms with van der Waals surface area (Å²) >= 11 is -1.89. The Morgan fingerprint density at radius 1 is 1.16 bits per heavy atom. The van der Waals surface area contributed by atoms with E-state index in [1.54, 1.807) is 30.3 Å². The molecule has 8 heteroatoms. The van der Waals surface area contributed by atoms with Gasteiger partial charge in [0.25, 0.3) is 0 Å². The summed E-state index contributed by atoms with van der Waals surface area (Å²) in [5.41, 5.74) is 6.02. The molecule has 2 unspecified atom stereocenters. The number of ether oxygens (including phenoxy) is 1. The quantitative estimate of drug-likeness (QED) is 0.881. The number of hydrogen-bond donors (Lipinski definition) is 1. The molecule has 0 amide bonds. The van der Waals surface area contributed by atoms with Crippen LogP contribution in [-0.2, 0) is 30.5 Å². The third-order valence-corrected chi connectivity index (χ3v) is 4.40. The summed E-state index contributed by atoms with van der Waals surface area (Å²) in [7, 11) is 0. The van der Waals surface area contributed by atoms with E-state index in [1.807, 2.05) is 0 Å². The van der Waals surface area contributed by atoms with Gasteiger partial charge >= 0.3 is 0 Å². The van der Waals surface area contributed by atoms with E-state index in [9.17, 15) is 17.8 Å². The van der Waals surface area contributed by atoms with Crippen molar-refractivity contribution in [2.45, 2.75) is 11.9 Å². The fourth-order valence-corrected chi connectivity index (χ4v) is 3.18. The maximum Gasteiger partial charge on any atom is 0.249 e. The van der Waals surface area contributed by atoms with Crippen LogP contribution in [0.1, 0.15) is 17.2 Å². The highest BCUT2D eigenvalue weighted by Gasteiger charge is 2.39. The first-order chi connectivity index (χ1) is 12.0. The van der Waals surface area contributed by atoms with Crippen LogP contribution in [0.25, 0.3) is 0 Å². The molecular weight excluding hydrogens is 352 g/mol. The Hall–Kier alpha value is -2.74. The van der Waals surface area contributed by atoms with E-state index in [0.717, 1.165) is 23.8 Å². The van der Waals surface area contributed by atoms with E-state index in [4.69, 9.17) is 14.7 Å². The van der Waals surface area contributed by atoms with Crippen LogP contribution >= 0.6 is 0 Å². The van der Waals surface area contributed by atoms with Crippen LogP contribution in [0.5, 0.6) is 0 Å². The molecule has 25 heavy (non-hydrogen) atoms. The molecule has 2 aromatic carbocycles. The lowest BCUT2D eigenvalue weighted by Gasteiger charge is -2.11. The molecule has 0 spiro atoms. The van der Waals surface area contributed by atoms with Gasteiger partial charge in [0, 0.05) is 5.56 Å². The number of ketones is 1. The number of halogens is 2. The van der Waals surface area contributed by atoms with Crippen molar-refractivity contribution >= 4 is 16.9 Å². The summed E-state index contributed by atoms with van der Waals surface area (Å²) in [6, 6.07) is 11.5. The van der Waals surface area contributed by atoms with Crippen molar-refractivity contribution in [3.8, 4) is 0 Å². The van der Waals surface area contributed by atoms with E-state index in [0.29, 0.717) is 0 Å². The molecule has 0 saturated carbocycles. The number of benzene rings is 2. The predicted octanol–water partition coefficient (Wildman–Crippen LogP) is 2.61. The number of hydrogen-bond acceptors (Lipinski definition) is 5. The van der Waals surface area contributed by atoms with Crippen LogP contribution in [0, 0.1) is 11.6 Å². The minimum atomic E-state index is -1.89. The van der Waals surface area contributed by atoms with Gasteiger partial charge in [0.15, 0.2) is 6.10 Å². The Morgan fingerprint density at radius 3 is 2.60 bits per heavy atom. The maximum atomic E-state index is 13.8. The van der Waals surface area contributed by atoms with Gasteiger partial charge in [-0.1, -0.05) is 30.3 Å². The summed E-state index contributed by atoms with van der Waals surface area (Å²) in [4.78, 5) is 12.4. The first kappa shape index (κ1) is 17.1. The van der Waals surface area contributed by atoms with E-state index in [-0.39, 0.29) is 11.3 Å². The molecule has 0 aliphatic carbocycles. The molecule has 3 rings (SSSR count). The Balaban J connectivity index is 1.75. The summed E-state index contributed by atoms with van der Waals surface area (Å²) in [5, 5.41) is 0. The van der Waals surface area contributed by atoms with Crippen LogP contribution in [0.2, 0.25) is 0 Å². The fraction of sp³-hybridized carbons (Fsp3) is 0.118. The number of nitrogens with two attached hydrogens (primary N) is 1. The van der Waals surface area contributed by atoms with Gasteiger partial charge in [-0.2, -0.15) is 0 Å². The van der Waals surface area contributed by atoms with Gasteiger partial charge in [-0.3, -0.25) is 4.79 Å². The molecular formula is C17H13F2NO4S. The van der Waals surface area contributed by atoms with Crippen molar-refractivity contribution in [1.82, 2.24) is 0 Å². The van der Waals surface area contributed by atoms with Crippen LogP contribution in [0.4, 0.5) is 8.78 Å². The summed E-state index contributed by atoms with van der Waals surface area (Å²) in [5.74, 6) is -3.21. The maximum absolute atomic E-state index is 13.8. The lowest BCUT2D eigenvalue weighted by Crippen LogP contribution is -2.14. The average molecular weight is 365 g/mol. The van der Waals surface area contributed by atoms with Crippen LogP contribution in [0.15, 0.2) is 60.2 Å². The van der Waals surface area contributed by atoms with Crippen molar-refractivity contribution in [3.63, 3.8) is 0 Å². The van der Waals surface area contributed by atoms with Crippen molar-refractivity contribution in [2.75, 3.05) is 0 Å². The second kappa shape index (κ2) is 7.02.